The fraction of sp³-hybridized carbons (Fsp3) is 0.588. The maximum Gasteiger partial charge on any atom is 0.230 e. The zero-order valence-corrected chi connectivity index (χ0v) is 14.9. The maximum atomic E-state index is 14.0. The highest BCUT2D eigenvalue weighted by Gasteiger charge is 2.42. The Bertz CT molecular complexity index is 768. The second kappa shape index (κ2) is 6.64. The number of amides is 1. The van der Waals surface area contributed by atoms with Crippen molar-refractivity contribution in [1.82, 2.24) is 4.90 Å². The van der Waals surface area contributed by atoms with Crippen molar-refractivity contribution in [2.45, 2.75) is 31.3 Å². The van der Waals surface area contributed by atoms with Crippen LogP contribution < -0.4 is 0 Å². The van der Waals surface area contributed by atoms with E-state index in [-0.39, 0.29) is 23.0 Å². The van der Waals surface area contributed by atoms with Crippen LogP contribution in [0.1, 0.15) is 31.2 Å². The molecule has 5 nitrogen and oxygen atoms in total. The summed E-state index contributed by atoms with van der Waals surface area (Å²) in [6.07, 6.45) is 0.969. The molecule has 1 amide bonds. The van der Waals surface area contributed by atoms with E-state index in [9.17, 15) is 17.8 Å². The lowest BCUT2D eigenvalue weighted by molar-refractivity contribution is -0.153. The zero-order valence-electron chi connectivity index (χ0n) is 14.1. The van der Waals surface area contributed by atoms with Gasteiger partial charge in [0.25, 0.3) is 0 Å². The van der Waals surface area contributed by atoms with Gasteiger partial charge in [0.2, 0.25) is 5.91 Å². The molecule has 0 aromatic heterocycles. The van der Waals surface area contributed by atoms with Gasteiger partial charge in [-0.2, -0.15) is 0 Å². The number of ether oxygens (including phenoxy) is 1. The van der Waals surface area contributed by atoms with E-state index in [2.05, 4.69) is 0 Å². The lowest BCUT2D eigenvalue weighted by Gasteiger charge is -2.45. The van der Waals surface area contributed by atoms with Gasteiger partial charge in [0.05, 0.1) is 18.1 Å². The van der Waals surface area contributed by atoms with Crippen LogP contribution in [0.4, 0.5) is 8.78 Å². The Hall–Kier alpha value is -1.54. The molecule has 0 saturated carbocycles. The predicted molar refractivity (Wildman–Crippen MR) is 89.9 cm³/mol. The number of morpholine rings is 1. The number of nitrogens with one attached hydrogen (secondary N) is 1. The normalized spacial score (nSPS) is 31.1. The molecule has 3 rings (SSSR count). The fourth-order valence-electron chi connectivity index (χ4n) is 3.52. The first-order valence-corrected chi connectivity index (χ1v) is 10.2. The summed E-state index contributed by atoms with van der Waals surface area (Å²) >= 11 is 0. The van der Waals surface area contributed by atoms with Gasteiger partial charge in [-0.15, -0.1) is 0 Å². The van der Waals surface area contributed by atoms with Crippen molar-refractivity contribution in [3.63, 3.8) is 0 Å². The largest absolute Gasteiger partial charge is 0.371 e. The Morgan fingerprint density at radius 1 is 1.36 bits per heavy atom. The minimum absolute atomic E-state index is 0.171. The first kappa shape index (κ1) is 18.3. The standard InChI is InChI=1S/C17H22F2N2O3S/c1-12(14-3-2-13(18)10-15(14)19)16(22)21-6-7-24-17(11-21)4-8-25(20,23)9-5-17/h2-3,10,12,20H,4-9,11H2,1H3. The van der Waals surface area contributed by atoms with Crippen LogP contribution >= 0.6 is 0 Å². The monoisotopic (exact) mass is 372 g/mol. The molecule has 1 unspecified atom stereocenters. The quantitative estimate of drug-likeness (QED) is 0.867. The van der Waals surface area contributed by atoms with Gasteiger partial charge in [0.15, 0.2) is 0 Å². The molecule has 2 fully saturated rings. The molecule has 0 aliphatic carbocycles. The Kier molecular flexibility index (Phi) is 4.85. The summed E-state index contributed by atoms with van der Waals surface area (Å²) < 4.78 is 52.5. The van der Waals surface area contributed by atoms with E-state index in [4.69, 9.17) is 9.52 Å². The van der Waals surface area contributed by atoms with E-state index in [0.717, 1.165) is 12.1 Å². The van der Waals surface area contributed by atoms with Gasteiger partial charge in [-0.05, 0) is 25.8 Å². The molecule has 2 aliphatic heterocycles. The van der Waals surface area contributed by atoms with Crippen LogP contribution in [0.3, 0.4) is 0 Å². The number of rotatable bonds is 2. The highest BCUT2D eigenvalue weighted by atomic mass is 32.2. The summed E-state index contributed by atoms with van der Waals surface area (Å²) in [5.74, 6) is -1.80. The molecule has 1 aromatic carbocycles. The fourth-order valence-corrected chi connectivity index (χ4v) is 5.13. The molecule has 2 aliphatic rings. The predicted octanol–water partition coefficient (Wildman–Crippen LogP) is 2.51. The Morgan fingerprint density at radius 2 is 2.04 bits per heavy atom. The van der Waals surface area contributed by atoms with Gasteiger partial charge >= 0.3 is 0 Å². The first-order chi connectivity index (χ1) is 11.7. The molecule has 1 aromatic rings. The molecule has 1 spiro atoms. The lowest BCUT2D eigenvalue weighted by atomic mass is 9.92. The van der Waals surface area contributed by atoms with E-state index >= 15 is 0 Å². The minimum atomic E-state index is -2.53. The Morgan fingerprint density at radius 3 is 2.68 bits per heavy atom. The average Bonchev–Trinajstić information content (AvgIpc) is 2.57. The molecule has 2 heterocycles. The maximum absolute atomic E-state index is 14.0. The smallest absolute Gasteiger partial charge is 0.230 e. The van der Waals surface area contributed by atoms with Gasteiger partial charge in [0, 0.05) is 46.0 Å². The average molecular weight is 372 g/mol. The second-order valence-electron chi connectivity index (χ2n) is 6.90. The Balaban J connectivity index is 1.73. The van der Waals surface area contributed by atoms with E-state index in [1.54, 1.807) is 11.8 Å². The number of nitrogens with zero attached hydrogens (tertiary/aromatic N) is 1. The number of carbonyl (C=O) groups excluding carboxylic acids is 1. The number of halogens is 2. The summed E-state index contributed by atoms with van der Waals surface area (Å²) in [5.41, 5.74) is -0.388. The van der Waals surface area contributed by atoms with Gasteiger partial charge < -0.3 is 9.64 Å². The van der Waals surface area contributed by atoms with Gasteiger partial charge in [-0.25, -0.2) is 13.0 Å². The third-order valence-electron chi connectivity index (χ3n) is 5.13. The van der Waals surface area contributed by atoms with E-state index in [1.165, 1.54) is 6.07 Å². The molecule has 1 atom stereocenters. The molecule has 0 bridgehead atoms. The van der Waals surface area contributed by atoms with Crippen molar-refractivity contribution in [3.8, 4) is 0 Å². The first-order valence-electron chi connectivity index (χ1n) is 8.33. The van der Waals surface area contributed by atoms with Crippen LogP contribution in [0.5, 0.6) is 0 Å². The van der Waals surface area contributed by atoms with Crippen LogP contribution in [-0.4, -0.2) is 51.8 Å². The number of hydrogen-bond acceptors (Lipinski definition) is 4. The molecule has 8 heteroatoms. The summed E-state index contributed by atoms with van der Waals surface area (Å²) in [5, 5.41) is 0. The second-order valence-corrected chi connectivity index (χ2v) is 9.34. The molecule has 25 heavy (non-hydrogen) atoms. The lowest BCUT2D eigenvalue weighted by Crippen LogP contribution is -2.57. The molecule has 0 radical (unpaired) electrons. The highest BCUT2D eigenvalue weighted by Crippen LogP contribution is 2.33. The van der Waals surface area contributed by atoms with E-state index in [1.807, 2.05) is 0 Å². The van der Waals surface area contributed by atoms with Gasteiger partial charge in [-0.3, -0.25) is 9.57 Å². The topological polar surface area (TPSA) is 70.5 Å². The van der Waals surface area contributed by atoms with Crippen LogP contribution in [0, 0.1) is 16.4 Å². The van der Waals surface area contributed by atoms with Crippen molar-refractivity contribution in [1.29, 1.82) is 4.78 Å². The van der Waals surface area contributed by atoms with Crippen molar-refractivity contribution in [3.05, 3.63) is 35.4 Å². The Labute approximate surface area is 146 Å². The summed E-state index contributed by atoms with van der Waals surface area (Å²) in [6.45, 7) is 2.74. The third kappa shape index (κ3) is 3.84. The van der Waals surface area contributed by atoms with Crippen molar-refractivity contribution in [2.24, 2.45) is 0 Å². The van der Waals surface area contributed by atoms with Crippen molar-refractivity contribution >= 4 is 15.6 Å². The molecular weight excluding hydrogens is 350 g/mol. The van der Waals surface area contributed by atoms with Crippen LogP contribution in [0.25, 0.3) is 0 Å². The summed E-state index contributed by atoms with van der Waals surface area (Å²) in [4.78, 5) is 14.5. The van der Waals surface area contributed by atoms with Crippen molar-refractivity contribution < 1.29 is 22.5 Å². The highest BCUT2D eigenvalue weighted by molar-refractivity contribution is 7.92. The minimum Gasteiger partial charge on any atom is -0.371 e. The van der Waals surface area contributed by atoms with Crippen LogP contribution in [-0.2, 0) is 19.3 Å². The van der Waals surface area contributed by atoms with Crippen molar-refractivity contribution in [2.75, 3.05) is 31.2 Å². The molecule has 1 N–H and O–H groups in total. The van der Waals surface area contributed by atoms with Crippen LogP contribution in [0.15, 0.2) is 18.2 Å². The third-order valence-corrected chi connectivity index (χ3v) is 6.86. The van der Waals surface area contributed by atoms with E-state index < -0.39 is 32.9 Å². The number of carbonyl (C=O) groups is 1. The molecule has 2 saturated heterocycles. The zero-order chi connectivity index (χ0) is 18.2. The van der Waals surface area contributed by atoms with Gasteiger partial charge in [-0.1, -0.05) is 6.07 Å². The molecular formula is C17H22F2N2O3S. The van der Waals surface area contributed by atoms with Crippen LogP contribution in [0.2, 0.25) is 0 Å². The number of hydrogen-bond donors (Lipinski definition) is 1. The van der Waals surface area contributed by atoms with E-state index in [0.29, 0.717) is 32.5 Å². The summed E-state index contributed by atoms with van der Waals surface area (Å²) in [6, 6.07) is 3.24. The molecule has 138 valence electrons. The summed E-state index contributed by atoms with van der Waals surface area (Å²) in [7, 11) is -2.53. The van der Waals surface area contributed by atoms with Gasteiger partial charge in [0.1, 0.15) is 11.6 Å². The number of benzene rings is 1. The SMILES string of the molecule is CC(C(=O)N1CCOC2(CCS(=N)(=O)CC2)C1)c1ccc(F)cc1F.